The predicted molar refractivity (Wildman–Crippen MR) is 117 cm³/mol. The van der Waals surface area contributed by atoms with E-state index in [2.05, 4.69) is 5.43 Å². The molecule has 1 aromatic carbocycles. The van der Waals surface area contributed by atoms with Crippen molar-refractivity contribution in [3.63, 3.8) is 0 Å². The number of alkyl halides is 3. The zero-order valence-corrected chi connectivity index (χ0v) is 19.2. The van der Waals surface area contributed by atoms with E-state index in [9.17, 15) is 32.8 Å². The van der Waals surface area contributed by atoms with Crippen LogP contribution in [0.25, 0.3) is 6.08 Å². The molecule has 0 aliphatic rings. The van der Waals surface area contributed by atoms with E-state index in [4.69, 9.17) is 0 Å². The van der Waals surface area contributed by atoms with E-state index in [0.717, 1.165) is 5.56 Å². The summed E-state index contributed by atoms with van der Waals surface area (Å²) in [7, 11) is 0. The van der Waals surface area contributed by atoms with Gasteiger partial charge >= 0.3 is 12.1 Å². The lowest BCUT2D eigenvalue weighted by atomic mass is 9.82. The lowest BCUT2D eigenvalue weighted by molar-refractivity contribution is -0.190. The van der Waals surface area contributed by atoms with E-state index in [-0.39, 0.29) is 36.2 Å². The summed E-state index contributed by atoms with van der Waals surface area (Å²) < 4.78 is 39.1. The molecular weight excluding hydrogens is 439 g/mol. The van der Waals surface area contributed by atoms with Gasteiger partial charge in [0.25, 0.3) is 0 Å². The molecule has 1 rings (SSSR count). The highest BCUT2D eigenvalue weighted by Crippen LogP contribution is 2.26. The van der Waals surface area contributed by atoms with Crippen LogP contribution in [0.15, 0.2) is 36.4 Å². The minimum Gasteiger partial charge on any atom is -0.289 e. The monoisotopic (exact) mass is 471 g/mol. The number of hydrogen-bond acceptors (Lipinski definition) is 4. The maximum atomic E-state index is 13.0. The Hall–Kier alpha value is -2.88. The number of allylic oxidation sites excluding steroid dienone is 1. The Balaban J connectivity index is 3.18. The maximum absolute atomic E-state index is 13.0. The minimum atomic E-state index is -5.17. The molecule has 0 bridgehead atoms. The van der Waals surface area contributed by atoms with Crippen LogP contribution in [0.1, 0.15) is 46.1 Å². The fraction of sp³-hybridized carbons (Fsp3) is 0.522. The van der Waals surface area contributed by atoms with Gasteiger partial charge in [-0.1, -0.05) is 70.2 Å². The number of carbonyl (C=O) groups excluding carboxylic acids is 3. The summed E-state index contributed by atoms with van der Waals surface area (Å²) >= 11 is 0. The van der Waals surface area contributed by atoms with Gasteiger partial charge in [0.15, 0.2) is 0 Å². The van der Waals surface area contributed by atoms with Gasteiger partial charge in [-0.15, -0.1) is 0 Å². The van der Waals surface area contributed by atoms with E-state index < -0.39 is 35.7 Å². The van der Waals surface area contributed by atoms with Crippen molar-refractivity contribution in [2.75, 3.05) is 6.54 Å². The Labute approximate surface area is 192 Å². The molecule has 0 radical (unpaired) electrons. The number of hydrazine groups is 1. The molecular formula is C23H32F3N3O4. The molecule has 0 aromatic heterocycles. The molecule has 1 unspecified atom stereocenters. The van der Waals surface area contributed by atoms with Crippen LogP contribution < -0.4 is 10.9 Å². The SMILES string of the molecule is CC(C)CC(C(=O)NN(CC(C)C)C(=O)C(F)(F)F)[C@H](CC=Cc1ccccc1)C(=O)NO. The van der Waals surface area contributed by atoms with Crippen LogP contribution in [-0.2, 0) is 14.4 Å². The van der Waals surface area contributed by atoms with Gasteiger partial charge in [-0.25, -0.2) is 10.5 Å². The number of hydroxylamine groups is 1. The quantitative estimate of drug-likeness (QED) is 0.355. The van der Waals surface area contributed by atoms with Gasteiger partial charge in [-0.05, 0) is 30.2 Å². The smallest absolute Gasteiger partial charge is 0.289 e. The molecule has 184 valence electrons. The highest BCUT2D eigenvalue weighted by atomic mass is 19.4. The van der Waals surface area contributed by atoms with Crippen LogP contribution >= 0.6 is 0 Å². The Bertz CT molecular complexity index is 811. The number of amides is 3. The lowest BCUT2D eigenvalue weighted by Crippen LogP contribution is -2.55. The van der Waals surface area contributed by atoms with Crippen LogP contribution in [0.5, 0.6) is 0 Å². The average molecular weight is 472 g/mol. The van der Waals surface area contributed by atoms with E-state index in [1.807, 2.05) is 30.3 Å². The first kappa shape index (κ1) is 28.2. The third-order valence-corrected chi connectivity index (χ3v) is 4.78. The number of nitrogens with one attached hydrogen (secondary N) is 2. The van der Waals surface area contributed by atoms with Crippen molar-refractivity contribution in [1.29, 1.82) is 0 Å². The molecule has 0 heterocycles. The summed E-state index contributed by atoms with van der Waals surface area (Å²) in [6.45, 7) is 6.43. The third kappa shape index (κ3) is 9.65. The number of benzene rings is 1. The largest absolute Gasteiger partial charge is 0.473 e. The first-order valence-electron chi connectivity index (χ1n) is 10.7. The summed E-state index contributed by atoms with van der Waals surface area (Å²) in [4.78, 5) is 37.3. The Morgan fingerprint density at radius 3 is 2.09 bits per heavy atom. The molecule has 0 spiro atoms. The summed E-state index contributed by atoms with van der Waals surface area (Å²) in [6, 6.07) is 9.17. The highest BCUT2D eigenvalue weighted by molar-refractivity contribution is 5.89. The molecule has 33 heavy (non-hydrogen) atoms. The second kappa shape index (κ2) is 13.0. The van der Waals surface area contributed by atoms with Crippen molar-refractivity contribution >= 4 is 23.8 Å². The summed E-state index contributed by atoms with van der Waals surface area (Å²) in [6.07, 6.45) is -1.58. The normalized spacial score (nSPS) is 13.8. The van der Waals surface area contributed by atoms with Crippen molar-refractivity contribution in [1.82, 2.24) is 15.9 Å². The molecule has 10 heteroatoms. The lowest BCUT2D eigenvalue weighted by Gasteiger charge is -2.30. The highest BCUT2D eigenvalue weighted by Gasteiger charge is 2.44. The van der Waals surface area contributed by atoms with Gasteiger partial charge in [0.1, 0.15) is 0 Å². The van der Waals surface area contributed by atoms with Crippen molar-refractivity contribution in [2.45, 2.75) is 46.7 Å². The standard InChI is InChI=1S/C23H32F3N3O4/c1-15(2)13-19(20(30)27-29(14-16(3)4)22(32)23(24,25)26)18(21(31)28-33)12-8-11-17-9-6-5-7-10-17/h5-11,15-16,18-19,33H,12-14H2,1-4H3,(H,27,30)(H,28,31)/t18-,19?/m0/s1. The molecule has 0 saturated carbocycles. The minimum absolute atomic E-state index is 0.0451. The summed E-state index contributed by atoms with van der Waals surface area (Å²) in [5.41, 5.74) is 4.46. The van der Waals surface area contributed by atoms with Crippen LogP contribution in [0, 0.1) is 23.7 Å². The Morgan fingerprint density at radius 1 is 1.00 bits per heavy atom. The Morgan fingerprint density at radius 2 is 1.61 bits per heavy atom. The molecule has 0 aliphatic heterocycles. The molecule has 3 N–H and O–H groups in total. The number of nitrogens with zero attached hydrogens (tertiary/aromatic N) is 1. The van der Waals surface area contributed by atoms with Gasteiger partial charge < -0.3 is 0 Å². The molecule has 0 saturated heterocycles. The van der Waals surface area contributed by atoms with Crippen molar-refractivity contribution in [2.24, 2.45) is 23.7 Å². The fourth-order valence-corrected chi connectivity index (χ4v) is 3.33. The fourth-order valence-electron chi connectivity index (χ4n) is 3.33. The summed E-state index contributed by atoms with van der Waals surface area (Å²) in [5.74, 6) is -6.54. The molecule has 1 aromatic rings. The molecule has 0 aliphatic carbocycles. The van der Waals surface area contributed by atoms with Gasteiger partial charge in [-0.3, -0.25) is 25.0 Å². The van der Waals surface area contributed by atoms with Gasteiger partial charge in [0.05, 0.1) is 11.8 Å². The zero-order valence-electron chi connectivity index (χ0n) is 19.2. The topological polar surface area (TPSA) is 98.7 Å². The predicted octanol–water partition coefficient (Wildman–Crippen LogP) is 3.95. The van der Waals surface area contributed by atoms with Crippen LogP contribution in [0.2, 0.25) is 0 Å². The average Bonchev–Trinajstić information content (AvgIpc) is 2.73. The number of halogens is 3. The molecule has 7 nitrogen and oxygen atoms in total. The second-order valence-electron chi connectivity index (χ2n) is 8.65. The zero-order chi connectivity index (χ0) is 25.2. The van der Waals surface area contributed by atoms with Gasteiger partial charge in [0, 0.05) is 6.54 Å². The van der Waals surface area contributed by atoms with Gasteiger partial charge in [0.2, 0.25) is 11.8 Å². The molecule has 0 fully saturated rings. The van der Waals surface area contributed by atoms with E-state index in [1.165, 1.54) is 0 Å². The first-order chi connectivity index (χ1) is 15.4. The second-order valence-corrected chi connectivity index (χ2v) is 8.65. The van der Waals surface area contributed by atoms with Crippen LogP contribution in [-0.4, -0.2) is 40.7 Å². The number of hydrogen-bond donors (Lipinski definition) is 3. The Kier molecular flexibility index (Phi) is 11.1. The van der Waals surface area contributed by atoms with Crippen LogP contribution in [0.3, 0.4) is 0 Å². The number of rotatable bonds is 10. The van der Waals surface area contributed by atoms with Crippen LogP contribution in [0.4, 0.5) is 13.2 Å². The van der Waals surface area contributed by atoms with E-state index >= 15 is 0 Å². The third-order valence-electron chi connectivity index (χ3n) is 4.78. The van der Waals surface area contributed by atoms with Gasteiger partial charge in [-0.2, -0.15) is 13.2 Å². The van der Waals surface area contributed by atoms with Crippen molar-refractivity contribution in [3.8, 4) is 0 Å². The van der Waals surface area contributed by atoms with E-state index in [1.54, 1.807) is 45.3 Å². The summed E-state index contributed by atoms with van der Waals surface area (Å²) in [5, 5.41) is 9.46. The van der Waals surface area contributed by atoms with Crippen molar-refractivity contribution in [3.05, 3.63) is 42.0 Å². The van der Waals surface area contributed by atoms with Crippen molar-refractivity contribution < 1.29 is 32.8 Å². The first-order valence-corrected chi connectivity index (χ1v) is 10.7. The maximum Gasteiger partial charge on any atom is 0.473 e. The number of carbonyl (C=O) groups is 3. The van der Waals surface area contributed by atoms with E-state index in [0.29, 0.717) is 0 Å². The molecule has 2 atom stereocenters. The molecule has 3 amide bonds.